The van der Waals surface area contributed by atoms with Crippen molar-refractivity contribution in [3.8, 4) is 11.4 Å². The first-order valence-corrected chi connectivity index (χ1v) is 10.1. The summed E-state index contributed by atoms with van der Waals surface area (Å²) >= 11 is 1.04. The van der Waals surface area contributed by atoms with Crippen LogP contribution in [0.3, 0.4) is 0 Å². The molecule has 0 fully saturated rings. The number of aryl methyl sites for hydroxylation is 1. The molecule has 0 aliphatic carbocycles. The molecule has 0 saturated heterocycles. The van der Waals surface area contributed by atoms with Crippen molar-refractivity contribution in [1.82, 2.24) is 20.2 Å². The number of rotatable bonds is 7. The van der Waals surface area contributed by atoms with Crippen LogP contribution in [0, 0.1) is 13.8 Å². The minimum Gasteiger partial charge on any atom is -0.462 e. The van der Waals surface area contributed by atoms with E-state index < -0.39 is 11.9 Å². The summed E-state index contributed by atoms with van der Waals surface area (Å²) in [7, 11) is 0. The van der Waals surface area contributed by atoms with Crippen LogP contribution in [0.1, 0.15) is 45.0 Å². The number of aromatic nitrogens is 4. The van der Waals surface area contributed by atoms with E-state index in [9.17, 15) is 14.4 Å². The van der Waals surface area contributed by atoms with E-state index in [4.69, 9.17) is 4.74 Å². The highest BCUT2D eigenvalue weighted by atomic mass is 32.1. The molecule has 2 heterocycles. The van der Waals surface area contributed by atoms with Gasteiger partial charge in [-0.15, -0.1) is 21.5 Å². The van der Waals surface area contributed by atoms with Gasteiger partial charge in [-0.1, -0.05) is 29.8 Å². The number of hydrogen-bond acceptors (Lipinski definition) is 8. The molecule has 0 radical (unpaired) electrons. The molecule has 9 nitrogen and oxygen atoms in total. The Morgan fingerprint density at radius 2 is 1.87 bits per heavy atom. The van der Waals surface area contributed by atoms with Crippen molar-refractivity contribution in [2.45, 2.75) is 34.2 Å². The Hall–Kier alpha value is -3.40. The van der Waals surface area contributed by atoms with Gasteiger partial charge in [0.25, 0.3) is 0 Å². The summed E-state index contributed by atoms with van der Waals surface area (Å²) in [5, 5.41) is 15.0. The molecular weight excluding hydrogens is 406 g/mol. The number of ketones is 1. The lowest BCUT2D eigenvalue weighted by molar-refractivity contribution is -0.117. The van der Waals surface area contributed by atoms with Crippen LogP contribution >= 0.6 is 11.3 Å². The first kappa shape index (κ1) is 21.3. The molecule has 1 aromatic carbocycles. The first-order valence-electron chi connectivity index (χ1n) is 9.26. The number of anilines is 1. The van der Waals surface area contributed by atoms with Gasteiger partial charge in [-0.3, -0.25) is 9.59 Å². The molecule has 1 amide bonds. The number of Topliss-reactive ketones (excluding diaryl/α,β-unsaturated/α-hetero) is 1. The minimum atomic E-state index is -0.588. The SMILES string of the molecule is CCOC(=O)c1c(NC(=O)Cn2nnc(-c3ccc(C)cc3)n2)sc(C(C)=O)c1C. The summed E-state index contributed by atoms with van der Waals surface area (Å²) in [5.41, 5.74) is 2.57. The van der Waals surface area contributed by atoms with Gasteiger partial charge in [0.2, 0.25) is 11.7 Å². The molecule has 0 aliphatic heterocycles. The van der Waals surface area contributed by atoms with Crippen LogP contribution in [-0.2, 0) is 16.1 Å². The Bertz CT molecular complexity index is 1100. The van der Waals surface area contributed by atoms with Crippen molar-refractivity contribution in [2.24, 2.45) is 0 Å². The third-order valence-electron chi connectivity index (χ3n) is 4.25. The Kier molecular flexibility index (Phi) is 6.36. The molecule has 3 rings (SSSR count). The normalized spacial score (nSPS) is 10.7. The lowest BCUT2D eigenvalue weighted by Gasteiger charge is -2.06. The fraction of sp³-hybridized carbons (Fsp3) is 0.300. The number of carbonyl (C=O) groups excluding carboxylic acids is 3. The summed E-state index contributed by atoms with van der Waals surface area (Å²) in [4.78, 5) is 38.3. The summed E-state index contributed by atoms with van der Waals surface area (Å²) < 4.78 is 5.07. The summed E-state index contributed by atoms with van der Waals surface area (Å²) in [5.74, 6) is -0.829. The van der Waals surface area contributed by atoms with Gasteiger partial charge in [0.15, 0.2) is 5.78 Å². The Balaban J connectivity index is 1.78. The van der Waals surface area contributed by atoms with E-state index in [1.165, 1.54) is 11.7 Å². The molecule has 0 unspecified atom stereocenters. The van der Waals surface area contributed by atoms with Crippen molar-refractivity contribution in [3.63, 3.8) is 0 Å². The Labute approximate surface area is 177 Å². The molecule has 0 spiro atoms. The van der Waals surface area contributed by atoms with Crippen molar-refractivity contribution >= 4 is 34.0 Å². The molecule has 0 atom stereocenters. The number of amides is 1. The van der Waals surface area contributed by atoms with Crippen LogP contribution in [0.25, 0.3) is 11.4 Å². The maximum atomic E-state index is 12.5. The van der Waals surface area contributed by atoms with E-state index in [0.29, 0.717) is 16.3 Å². The Morgan fingerprint density at radius 3 is 2.50 bits per heavy atom. The van der Waals surface area contributed by atoms with Gasteiger partial charge in [0, 0.05) is 5.56 Å². The topological polar surface area (TPSA) is 116 Å². The fourth-order valence-electron chi connectivity index (χ4n) is 2.81. The Morgan fingerprint density at radius 1 is 1.17 bits per heavy atom. The summed E-state index contributed by atoms with van der Waals surface area (Å²) in [6, 6.07) is 7.62. The summed E-state index contributed by atoms with van der Waals surface area (Å²) in [6.07, 6.45) is 0. The number of tetrazole rings is 1. The van der Waals surface area contributed by atoms with E-state index in [1.54, 1.807) is 13.8 Å². The number of carbonyl (C=O) groups is 3. The van der Waals surface area contributed by atoms with Crippen LogP contribution < -0.4 is 5.32 Å². The van der Waals surface area contributed by atoms with Gasteiger partial charge in [0.05, 0.1) is 17.0 Å². The van der Waals surface area contributed by atoms with Crippen molar-refractivity contribution in [2.75, 3.05) is 11.9 Å². The van der Waals surface area contributed by atoms with Crippen LogP contribution in [0.15, 0.2) is 24.3 Å². The van der Waals surface area contributed by atoms with E-state index in [0.717, 1.165) is 22.5 Å². The van der Waals surface area contributed by atoms with Gasteiger partial charge in [-0.2, -0.15) is 4.80 Å². The second-order valence-electron chi connectivity index (χ2n) is 6.59. The highest BCUT2D eigenvalue weighted by Crippen LogP contribution is 2.34. The van der Waals surface area contributed by atoms with Crippen LogP contribution in [0.2, 0.25) is 0 Å². The minimum absolute atomic E-state index is 0.182. The molecule has 156 valence electrons. The van der Waals surface area contributed by atoms with Crippen LogP contribution in [0.5, 0.6) is 0 Å². The lowest BCUT2D eigenvalue weighted by Crippen LogP contribution is -2.21. The van der Waals surface area contributed by atoms with Gasteiger partial charge < -0.3 is 10.1 Å². The zero-order valence-corrected chi connectivity index (χ0v) is 17.9. The molecular formula is C20H21N5O4S. The third kappa shape index (κ3) is 4.60. The fourth-order valence-corrected chi connectivity index (χ4v) is 3.92. The molecule has 0 saturated carbocycles. The zero-order valence-electron chi connectivity index (χ0n) is 17.1. The highest BCUT2D eigenvalue weighted by Gasteiger charge is 2.25. The summed E-state index contributed by atoms with van der Waals surface area (Å²) in [6.45, 7) is 6.71. The van der Waals surface area contributed by atoms with Gasteiger partial charge >= 0.3 is 5.97 Å². The first-order chi connectivity index (χ1) is 14.3. The highest BCUT2D eigenvalue weighted by molar-refractivity contribution is 7.18. The van der Waals surface area contributed by atoms with E-state index in [2.05, 4.69) is 20.7 Å². The van der Waals surface area contributed by atoms with Crippen molar-refractivity contribution in [1.29, 1.82) is 0 Å². The number of nitrogens with zero attached hydrogens (tertiary/aromatic N) is 4. The molecule has 0 bridgehead atoms. The monoisotopic (exact) mass is 427 g/mol. The second-order valence-corrected chi connectivity index (χ2v) is 7.62. The average molecular weight is 427 g/mol. The number of thiophene rings is 1. The quantitative estimate of drug-likeness (QED) is 0.455. The second kappa shape index (κ2) is 8.95. The number of esters is 1. The van der Waals surface area contributed by atoms with E-state index in [1.807, 2.05) is 31.2 Å². The lowest BCUT2D eigenvalue weighted by atomic mass is 10.1. The van der Waals surface area contributed by atoms with Gasteiger partial charge in [-0.05, 0) is 38.5 Å². The number of ether oxygens (including phenoxy) is 1. The average Bonchev–Trinajstić information content (AvgIpc) is 3.27. The number of nitrogens with one attached hydrogen (secondary N) is 1. The number of hydrogen-bond donors (Lipinski definition) is 1. The standard InChI is InChI=1S/C20H21N5O4S/c1-5-29-20(28)16-12(3)17(13(4)26)30-19(16)21-15(27)10-25-23-18(22-24-25)14-8-6-11(2)7-9-14/h6-9H,5,10H2,1-4H3,(H,21,27). The van der Waals surface area contributed by atoms with Crippen molar-refractivity contribution < 1.29 is 19.1 Å². The molecule has 3 aromatic rings. The largest absolute Gasteiger partial charge is 0.462 e. The number of benzene rings is 1. The predicted molar refractivity (Wildman–Crippen MR) is 112 cm³/mol. The molecule has 1 N–H and O–H groups in total. The van der Waals surface area contributed by atoms with Crippen LogP contribution in [-0.4, -0.2) is 44.5 Å². The predicted octanol–water partition coefficient (Wildman–Crippen LogP) is 3.04. The molecule has 0 aliphatic rings. The van der Waals surface area contributed by atoms with Gasteiger partial charge in [0.1, 0.15) is 11.5 Å². The zero-order chi connectivity index (χ0) is 21.8. The smallest absolute Gasteiger partial charge is 0.341 e. The molecule has 10 heteroatoms. The molecule has 30 heavy (non-hydrogen) atoms. The van der Waals surface area contributed by atoms with Crippen molar-refractivity contribution in [3.05, 3.63) is 45.8 Å². The van der Waals surface area contributed by atoms with E-state index in [-0.39, 0.29) is 29.5 Å². The van der Waals surface area contributed by atoms with E-state index >= 15 is 0 Å². The van der Waals surface area contributed by atoms with Gasteiger partial charge in [-0.25, -0.2) is 4.79 Å². The van der Waals surface area contributed by atoms with Crippen LogP contribution in [0.4, 0.5) is 5.00 Å². The maximum Gasteiger partial charge on any atom is 0.341 e. The maximum absolute atomic E-state index is 12.5. The third-order valence-corrected chi connectivity index (χ3v) is 5.55. The molecule has 2 aromatic heterocycles.